The number of morpholine rings is 1. The number of nitrogens with one attached hydrogen (secondary N) is 1. The van der Waals surface area contributed by atoms with Crippen molar-refractivity contribution in [2.75, 3.05) is 37.7 Å². The topological polar surface area (TPSA) is 61.9 Å². The molecule has 0 spiro atoms. The van der Waals surface area contributed by atoms with Gasteiger partial charge in [0.2, 0.25) is 11.8 Å². The average molecular weight is 371 g/mol. The summed E-state index contributed by atoms with van der Waals surface area (Å²) < 4.78 is 5.49. The number of carbonyl (C=O) groups is 2. The van der Waals surface area contributed by atoms with Crippen LogP contribution in [0.1, 0.15) is 38.5 Å². The third-order valence-corrected chi connectivity index (χ3v) is 6.31. The SMILES string of the molecule is O=C(CC1(N2CCOCC2)CCCC1)NC1CCN(c2ccccc2)C1=O. The molecule has 0 bridgehead atoms. The largest absolute Gasteiger partial charge is 0.379 e. The van der Waals surface area contributed by atoms with Crippen LogP contribution in [-0.4, -0.2) is 61.1 Å². The van der Waals surface area contributed by atoms with Crippen molar-refractivity contribution in [3.63, 3.8) is 0 Å². The molecule has 6 nitrogen and oxygen atoms in total. The Balaban J connectivity index is 1.38. The van der Waals surface area contributed by atoms with Gasteiger partial charge in [0.15, 0.2) is 0 Å². The number of nitrogens with zero attached hydrogens (tertiary/aromatic N) is 2. The average Bonchev–Trinajstić information content (AvgIpc) is 3.31. The molecule has 1 aliphatic carbocycles. The number of amides is 2. The van der Waals surface area contributed by atoms with Crippen LogP contribution in [0.4, 0.5) is 5.69 Å². The molecule has 1 aromatic rings. The van der Waals surface area contributed by atoms with Gasteiger partial charge in [-0.2, -0.15) is 0 Å². The van der Waals surface area contributed by atoms with Gasteiger partial charge in [0.1, 0.15) is 6.04 Å². The molecule has 6 heteroatoms. The highest BCUT2D eigenvalue weighted by Crippen LogP contribution is 2.38. The molecule has 3 aliphatic rings. The van der Waals surface area contributed by atoms with Crippen molar-refractivity contribution in [2.24, 2.45) is 0 Å². The van der Waals surface area contributed by atoms with E-state index < -0.39 is 6.04 Å². The standard InChI is InChI=1S/C21H29N3O3/c25-19(16-21(9-4-5-10-21)23-12-14-27-15-13-23)22-18-8-11-24(20(18)26)17-6-2-1-3-7-17/h1-3,6-7,18H,4-5,8-16H2,(H,22,25). The van der Waals surface area contributed by atoms with Gasteiger partial charge in [-0.25, -0.2) is 0 Å². The fraction of sp³-hybridized carbons (Fsp3) is 0.619. The minimum Gasteiger partial charge on any atom is -0.379 e. The summed E-state index contributed by atoms with van der Waals surface area (Å²) in [5.74, 6) is 0.0121. The molecule has 0 aromatic heterocycles. The van der Waals surface area contributed by atoms with E-state index in [1.54, 1.807) is 4.90 Å². The first-order chi connectivity index (χ1) is 13.2. The van der Waals surface area contributed by atoms with E-state index in [-0.39, 0.29) is 17.4 Å². The lowest BCUT2D eigenvalue weighted by Crippen LogP contribution is -2.54. The third kappa shape index (κ3) is 3.87. The molecule has 0 radical (unpaired) electrons. The number of para-hydroxylation sites is 1. The van der Waals surface area contributed by atoms with E-state index in [4.69, 9.17) is 4.74 Å². The zero-order chi connectivity index (χ0) is 18.7. The second kappa shape index (κ2) is 7.98. The normalized spacial score (nSPS) is 25.7. The van der Waals surface area contributed by atoms with Crippen LogP contribution in [0.5, 0.6) is 0 Å². The summed E-state index contributed by atoms with van der Waals surface area (Å²) in [5.41, 5.74) is 0.856. The van der Waals surface area contributed by atoms with Crippen molar-refractivity contribution < 1.29 is 14.3 Å². The van der Waals surface area contributed by atoms with Crippen LogP contribution >= 0.6 is 0 Å². The Kier molecular flexibility index (Phi) is 5.45. The van der Waals surface area contributed by atoms with Crippen molar-refractivity contribution in [1.29, 1.82) is 0 Å². The Morgan fingerprint density at radius 3 is 2.52 bits per heavy atom. The summed E-state index contributed by atoms with van der Waals surface area (Å²) in [5, 5.41) is 3.03. The first-order valence-electron chi connectivity index (χ1n) is 10.2. The van der Waals surface area contributed by atoms with Gasteiger partial charge in [-0.1, -0.05) is 31.0 Å². The van der Waals surface area contributed by atoms with Gasteiger partial charge in [-0.15, -0.1) is 0 Å². The van der Waals surface area contributed by atoms with Gasteiger partial charge in [0, 0.05) is 37.3 Å². The number of carbonyl (C=O) groups excluding carboxylic acids is 2. The molecule has 4 rings (SSSR count). The predicted octanol–water partition coefficient (Wildman–Crippen LogP) is 1.94. The van der Waals surface area contributed by atoms with Gasteiger partial charge in [-0.3, -0.25) is 14.5 Å². The molecule has 146 valence electrons. The van der Waals surface area contributed by atoms with Gasteiger partial charge in [0.05, 0.1) is 13.2 Å². The maximum Gasteiger partial charge on any atom is 0.249 e. The monoisotopic (exact) mass is 371 g/mol. The highest BCUT2D eigenvalue weighted by Gasteiger charge is 2.42. The third-order valence-electron chi connectivity index (χ3n) is 6.31. The lowest BCUT2D eigenvalue weighted by Gasteiger charge is -2.43. The molecule has 27 heavy (non-hydrogen) atoms. The van der Waals surface area contributed by atoms with E-state index >= 15 is 0 Å². The van der Waals surface area contributed by atoms with Crippen LogP contribution in [0.25, 0.3) is 0 Å². The highest BCUT2D eigenvalue weighted by atomic mass is 16.5. The summed E-state index contributed by atoms with van der Waals surface area (Å²) in [6, 6.07) is 9.28. The summed E-state index contributed by atoms with van der Waals surface area (Å²) in [7, 11) is 0. The van der Waals surface area contributed by atoms with Crippen LogP contribution in [0.2, 0.25) is 0 Å². The van der Waals surface area contributed by atoms with Crippen LogP contribution in [-0.2, 0) is 14.3 Å². The summed E-state index contributed by atoms with van der Waals surface area (Å²) in [6.45, 7) is 3.95. The fourth-order valence-electron chi connectivity index (χ4n) is 4.90. The van der Waals surface area contributed by atoms with Gasteiger partial charge in [0.25, 0.3) is 0 Å². The number of hydrogen-bond acceptors (Lipinski definition) is 4. The second-order valence-corrected chi connectivity index (χ2v) is 7.94. The second-order valence-electron chi connectivity index (χ2n) is 7.94. The number of hydrogen-bond donors (Lipinski definition) is 1. The van der Waals surface area contributed by atoms with E-state index in [0.29, 0.717) is 19.4 Å². The molecular formula is C21H29N3O3. The Morgan fingerprint density at radius 1 is 1.11 bits per heavy atom. The molecule has 3 fully saturated rings. The van der Waals surface area contributed by atoms with Crippen LogP contribution < -0.4 is 10.2 Å². The predicted molar refractivity (Wildman–Crippen MR) is 104 cm³/mol. The first kappa shape index (κ1) is 18.4. The molecule has 2 amide bonds. The highest BCUT2D eigenvalue weighted by molar-refractivity contribution is 6.01. The van der Waals surface area contributed by atoms with Crippen LogP contribution in [0, 0.1) is 0 Å². The van der Waals surface area contributed by atoms with E-state index in [2.05, 4.69) is 10.2 Å². The van der Waals surface area contributed by atoms with E-state index in [0.717, 1.165) is 44.8 Å². The Bertz CT molecular complexity index is 667. The Labute approximate surface area is 160 Å². The van der Waals surface area contributed by atoms with Crippen molar-refractivity contribution in [2.45, 2.75) is 50.1 Å². The van der Waals surface area contributed by atoms with Crippen LogP contribution in [0.15, 0.2) is 30.3 Å². The van der Waals surface area contributed by atoms with E-state index in [9.17, 15) is 9.59 Å². The molecule has 2 aliphatic heterocycles. The van der Waals surface area contributed by atoms with Crippen molar-refractivity contribution in [3.05, 3.63) is 30.3 Å². The number of benzene rings is 1. The maximum absolute atomic E-state index is 12.9. The number of rotatable bonds is 5. The molecular weight excluding hydrogens is 342 g/mol. The molecule has 2 heterocycles. The van der Waals surface area contributed by atoms with Crippen LogP contribution in [0.3, 0.4) is 0 Å². The van der Waals surface area contributed by atoms with Crippen molar-refractivity contribution in [1.82, 2.24) is 10.2 Å². The molecule has 1 saturated carbocycles. The number of anilines is 1. The Hall–Kier alpha value is -1.92. The van der Waals surface area contributed by atoms with Gasteiger partial charge in [-0.05, 0) is 31.4 Å². The molecule has 1 N–H and O–H groups in total. The van der Waals surface area contributed by atoms with Gasteiger partial charge >= 0.3 is 0 Å². The van der Waals surface area contributed by atoms with Gasteiger partial charge < -0.3 is 15.0 Å². The number of ether oxygens (including phenoxy) is 1. The molecule has 1 unspecified atom stereocenters. The molecule has 2 saturated heterocycles. The zero-order valence-electron chi connectivity index (χ0n) is 15.9. The zero-order valence-corrected chi connectivity index (χ0v) is 15.9. The molecule has 1 atom stereocenters. The van der Waals surface area contributed by atoms with Crippen molar-refractivity contribution in [3.8, 4) is 0 Å². The summed E-state index contributed by atoms with van der Waals surface area (Å²) in [6.07, 6.45) is 5.64. The minimum atomic E-state index is -0.402. The lowest BCUT2D eigenvalue weighted by atomic mass is 9.89. The van der Waals surface area contributed by atoms with E-state index in [1.165, 1.54) is 12.8 Å². The minimum absolute atomic E-state index is 0.00129. The smallest absolute Gasteiger partial charge is 0.249 e. The lowest BCUT2D eigenvalue weighted by molar-refractivity contribution is -0.129. The Morgan fingerprint density at radius 2 is 1.81 bits per heavy atom. The maximum atomic E-state index is 12.9. The fourth-order valence-corrected chi connectivity index (χ4v) is 4.90. The van der Waals surface area contributed by atoms with E-state index in [1.807, 2.05) is 30.3 Å². The quantitative estimate of drug-likeness (QED) is 0.859. The van der Waals surface area contributed by atoms with Crippen molar-refractivity contribution >= 4 is 17.5 Å². The molecule has 1 aromatic carbocycles. The summed E-state index contributed by atoms with van der Waals surface area (Å²) in [4.78, 5) is 29.8. The summed E-state index contributed by atoms with van der Waals surface area (Å²) >= 11 is 0. The first-order valence-corrected chi connectivity index (χ1v) is 10.2.